The first kappa shape index (κ1) is 12.8. The van der Waals surface area contributed by atoms with Gasteiger partial charge in [0.25, 0.3) is 0 Å². The van der Waals surface area contributed by atoms with Crippen molar-refractivity contribution in [1.29, 1.82) is 0 Å². The van der Waals surface area contributed by atoms with Crippen molar-refractivity contribution in [2.24, 2.45) is 0 Å². The van der Waals surface area contributed by atoms with Gasteiger partial charge in [-0.3, -0.25) is 0 Å². The maximum atomic E-state index is 5.93. The zero-order valence-electron chi connectivity index (χ0n) is 9.21. The van der Waals surface area contributed by atoms with Crippen molar-refractivity contribution in [3.63, 3.8) is 0 Å². The van der Waals surface area contributed by atoms with Crippen LogP contribution in [0.5, 0.6) is 5.75 Å². The summed E-state index contributed by atoms with van der Waals surface area (Å²) in [4.78, 5) is 1.36. The number of thiophene rings is 1. The molecular weight excluding hydrogens is 230 g/mol. The fourth-order valence-electron chi connectivity index (χ4n) is 1.77. The number of hydrogen-bond acceptors (Lipinski definition) is 3. The predicted molar refractivity (Wildman–Crippen MR) is 67.4 cm³/mol. The van der Waals surface area contributed by atoms with E-state index in [0.717, 1.165) is 25.3 Å². The molecule has 0 fully saturated rings. The second kappa shape index (κ2) is 5.73. The normalized spacial score (nSPS) is 19.7. The minimum Gasteiger partial charge on any atom is -0.488 e. The van der Waals surface area contributed by atoms with Crippen LogP contribution in [0.25, 0.3) is 0 Å². The van der Waals surface area contributed by atoms with Gasteiger partial charge >= 0.3 is 0 Å². The first-order chi connectivity index (χ1) is 6.81. The van der Waals surface area contributed by atoms with Gasteiger partial charge in [-0.1, -0.05) is 13.3 Å². The molecule has 0 radical (unpaired) electrons. The molecule has 4 heteroatoms. The van der Waals surface area contributed by atoms with Crippen LogP contribution in [0, 0.1) is 0 Å². The molecule has 0 aromatic carbocycles. The topological polar surface area (TPSA) is 21.3 Å². The van der Waals surface area contributed by atoms with Gasteiger partial charge in [0.1, 0.15) is 11.9 Å². The lowest BCUT2D eigenvalue weighted by atomic mass is 10.2. The molecule has 0 saturated carbocycles. The summed E-state index contributed by atoms with van der Waals surface area (Å²) in [6, 6.07) is 0. The quantitative estimate of drug-likeness (QED) is 0.868. The van der Waals surface area contributed by atoms with E-state index < -0.39 is 0 Å². The highest BCUT2D eigenvalue weighted by molar-refractivity contribution is 7.10. The summed E-state index contributed by atoms with van der Waals surface area (Å²) in [6.45, 7) is 6.25. The fourth-order valence-corrected chi connectivity index (χ4v) is 2.75. The van der Waals surface area contributed by atoms with Gasteiger partial charge in [-0.25, -0.2) is 0 Å². The average molecular weight is 248 g/mol. The molecule has 0 amide bonds. The van der Waals surface area contributed by atoms with Crippen LogP contribution in [-0.4, -0.2) is 12.6 Å². The van der Waals surface area contributed by atoms with E-state index in [-0.39, 0.29) is 12.4 Å². The van der Waals surface area contributed by atoms with Crippen LogP contribution >= 0.6 is 23.7 Å². The minimum absolute atomic E-state index is 0. The van der Waals surface area contributed by atoms with E-state index in [9.17, 15) is 0 Å². The fraction of sp³-hybridized carbons (Fsp3) is 0.636. The molecule has 0 spiro atoms. The molecule has 0 unspecified atom stereocenters. The van der Waals surface area contributed by atoms with Crippen LogP contribution < -0.4 is 10.1 Å². The number of nitrogens with one attached hydrogen (secondary N) is 1. The van der Waals surface area contributed by atoms with Crippen LogP contribution in [0.4, 0.5) is 0 Å². The van der Waals surface area contributed by atoms with E-state index in [1.807, 2.05) is 11.3 Å². The molecule has 1 aromatic heterocycles. The molecule has 1 atom stereocenters. The van der Waals surface area contributed by atoms with Crippen molar-refractivity contribution >= 4 is 23.7 Å². The Bertz CT molecular complexity index is 314. The van der Waals surface area contributed by atoms with Crippen LogP contribution in [-0.2, 0) is 13.0 Å². The minimum atomic E-state index is 0. The molecule has 0 aliphatic carbocycles. The third-order valence-electron chi connectivity index (χ3n) is 2.44. The number of rotatable bonds is 2. The molecule has 1 aliphatic heterocycles. The summed E-state index contributed by atoms with van der Waals surface area (Å²) >= 11 is 1.82. The molecule has 2 heterocycles. The maximum absolute atomic E-state index is 5.93. The molecular formula is C11H18ClNOS. The average Bonchev–Trinajstić information content (AvgIpc) is 2.44. The van der Waals surface area contributed by atoms with Gasteiger partial charge in [0, 0.05) is 18.7 Å². The van der Waals surface area contributed by atoms with Gasteiger partial charge in [0.2, 0.25) is 0 Å². The third kappa shape index (κ3) is 2.86. The van der Waals surface area contributed by atoms with E-state index in [2.05, 4.69) is 24.5 Å². The smallest absolute Gasteiger partial charge is 0.138 e. The van der Waals surface area contributed by atoms with Crippen molar-refractivity contribution < 1.29 is 4.74 Å². The lowest BCUT2D eigenvalue weighted by Crippen LogP contribution is -2.25. The van der Waals surface area contributed by atoms with Crippen LogP contribution in [0.1, 0.15) is 30.7 Å². The predicted octanol–water partition coefficient (Wildman–Crippen LogP) is 2.99. The Morgan fingerprint density at radius 1 is 1.60 bits per heavy atom. The van der Waals surface area contributed by atoms with Crippen molar-refractivity contribution in [3.8, 4) is 5.75 Å². The molecule has 0 saturated heterocycles. The van der Waals surface area contributed by atoms with Crippen LogP contribution in [0.3, 0.4) is 0 Å². The molecule has 2 rings (SSSR count). The Morgan fingerprint density at radius 3 is 3.13 bits per heavy atom. The standard InChI is InChI=1S/C11H17NOS.ClH/c1-3-4-9-7-14-10-6-12-5-8(2)13-11(9)10;/h7-8,12H,3-6H2,1-2H3;1H/t8-;/m0./s1. The number of ether oxygens (including phenoxy) is 1. The Morgan fingerprint density at radius 2 is 2.40 bits per heavy atom. The first-order valence-electron chi connectivity index (χ1n) is 5.28. The summed E-state index contributed by atoms with van der Waals surface area (Å²) in [5.74, 6) is 1.16. The highest BCUT2D eigenvalue weighted by Gasteiger charge is 2.18. The van der Waals surface area contributed by atoms with Crippen molar-refractivity contribution in [3.05, 3.63) is 15.8 Å². The zero-order valence-corrected chi connectivity index (χ0v) is 10.8. The molecule has 0 bridgehead atoms. The van der Waals surface area contributed by atoms with E-state index in [1.54, 1.807) is 0 Å². The number of aryl methyl sites for hydroxylation is 1. The Kier molecular flexibility index (Phi) is 4.90. The van der Waals surface area contributed by atoms with Gasteiger partial charge in [0.05, 0.1) is 4.88 Å². The highest BCUT2D eigenvalue weighted by Crippen LogP contribution is 2.33. The summed E-state index contributed by atoms with van der Waals surface area (Å²) in [6.07, 6.45) is 2.62. The van der Waals surface area contributed by atoms with Gasteiger partial charge in [-0.2, -0.15) is 0 Å². The van der Waals surface area contributed by atoms with E-state index in [1.165, 1.54) is 16.9 Å². The molecule has 1 N–H and O–H groups in total. The first-order valence-corrected chi connectivity index (χ1v) is 6.15. The van der Waals surface area contributed by atoms with E-state index in [0.29, 0.717) is 6.10 Å². The van der Waals surface area contributed by atoms with E-state index in [4.69, 9.17) is 4.74 Å². The number of halogens is 1. The zero-order chi connectivity index (χ0) is 9.97. The lowest BCUT2D eigenvalue weighted by Gasteiger charge is -2.12. The molecule has 1 aromatic rings. The van der Waals surface area contributed by atoms with Gasteiger partial charge in [0.15, 0.2) is 0 Å². The van der Waals surface area contributed by atoms with E-state index >= 15 is 0 Å². The molecule has 1 aliphatic rings. The Balaban J connectivity index is 0.00000112. The number of fused-ring (bicyclic) bond motifs is 1. The molecule has 86 valence electrons. The Hall–Kier alpha value is -0.250. The van der Waals surface area contributed by atoms with Crippen molar-refractivity contribution in [2.45, 2.75) is 39.3 Å². The van der Waals surface area contributed by atoms with Gasteiger partial charge in [-0.15, -0.1) is 23.7 Å². The summed E-state index contributed by atoms with van der Waals surface area (Å²) in [7, 11) is 0. The summed E-state index contributed by atoms with van der Waals surface area (Å²) in [5.41, 5.74) is 1.39. The summed E-state index contributed by atoms with van der Waals surface area (Å²) < 4.78 is 5.93. The van der Waals surface area contributed by atoms with Gasteiger partial charge in [-0.05, 0) is 18.7 Å². The molecule has 15 heavy (non-hydrogen) atoms. The summed E-state index contributed by atoms with van der Waals surface area (Å²) in [5, 5.41) is 5.64. The second-order valence-electron chi connectivity index (χ2n) is 3.82. The van der Waals surface area contributed by atoms with Crippen LogP contribution in [0.2, 0.25) is 0 Å². The van der Waals surface area contributed by atoms with Crippen molar-refractivity contribution in [1.82, 2.24) is 5.32 Å². The maximum Gasteiger partial charge on any atom is 0.138 e. The Labute approximate surface area is 101 Å². The largest absolute Gasteiger partial charge is 0.488 e. The molecule has 2 nitrogen and oxygen atoms in total. The SMILES string of the molecule is CCCc1csc2c1O[C@@H](C)CNC2.Cl. The lowest BCUT2D eigenvalue weighted by molar-refractivity contribution is 0.225. The van der Waals surface area contributed by atoms with Crippen LogP contribution in [0.15, 0.2) is 5.38 Å². The third-order valence-corrected chi connectivity index (χ3v) is 3.46. The monoisotopic (exact) mass is 247 g/mol. The number of hydrogen-bond donors (Lipinski definition) is 1. The second-order valence-corrected chi connectivity index (χ2v) is 4.79. The highest BCUT2D eigenvalue weighted by atomic mass is 35.5. The van der Waals surface area contributed by atoms with Gasteiger partial charge < -0.3 is 10.1 Å². The van der Waals surface area contributed by atoms with Crippen molar-refractivity contribution in [2.75, 3.05) is 6.54 Å².